The highest BCUT2D eigenvalue weighted by Gasteiger charge is 2.30. The Morgan fingerprint density at radius 2 is 0.521 bits per heavy atom. The van der Waals surface area contributed by atoms with E-state index in [1.54, 1.807) is 0 Å². The molecule has 0 aliphatic carbocycles. The maximum atomic E-state index is 13.1. The molecule has 0 spiro atoms. The van der Waals surface area contributed by atoms with E-state index in [9.17, 15) is 43.2 Å². The Kier molecular flexibility index (Phi) is 67.4. The first-order chi connectivity index (χ1) is 46.7. The number of phosphoric acid groups is 2. The first kappa shape index (κ1) is 92.5. The van der Waals surface area contributed by atoms with Gasteiger partial charge in [-0.25, -0.2) is 9.13 Å². The second kappa shape index (κ2) is 70.0. The van der Waals surface area contributed by atoms with Crippen LogP contribution in [0.2, 0.25) is 0 Å². The summed E-state index contributed by atoms with van der Waals surface area (Å²) in [4.78, 5) is 72.7. The Hall–Kier alpha value is -3.50. The van der Waals surface area contributed by atoms with E-state index in [1.807, 2.05) is 12.2 Å². The number of carbonyl (C=O) groups is 4. The average Bonchev–Trinajstić information content (AvgIpc) is 1.26. The summed E-state index contributed by atoms with van der Waals surface area (Å²) >= 11 is 0. The van der Waals surface area contributed by atoms with E-state index in [0.717, 1.165) is 128 Å². The molecular weight excluding hydrogens is 1260 g/mol. The van der Waals surface area contributed by atoms with Crippen molar-refractivity contribution < 1.29 is 80.2 Å². The van der Waals surface area contributed by atoms with E-state index in [4.69, 9.17) is 37.0 Å². The molecule has 0 aromatic rings. The molecule has 2 unspecified atom stereocenters. The molecule has 96 heavy (non-hydrogen) atoms. The third kappa shape index (κ3) is 69.0. The van der Waals surface area contributed by atoms with Crippen LogP contribution in [-0.4, -0.2) is 96.7 Å². The molecule has 0 radical (unpaired) electrons. The number of ether oxygens (including phenoxy) is 4. The number of phosphoric ester groups is 2. The number of allylic oxidation sites excluding steroid dienone is 12. The van der Waals surface area contributed by atoms with Gasteiger partial charge in [0.15, 0.2) is 12.2 Å². The van der Waals surface area contributed by atoms with E-state index in [0.29, 0.717) is 32.1 Å². The van der Waals surface area contributed by atoms with Gasteiger partial charge < -0.3 is 33.8 Å². The van der Waals surface area contributed by atoms with E-state index in [1.165, 1.54) is 122 Å². The lowest BCUT2D eigenvalue weighted by atomic mass is 10.0. The summed E-state index contributed by atoms with van der Waals surface area (Å²) in [5, 5.41) is 10.6. The molecule has 0 aromatic carbocycles. The van der Waals surface area contributed by atoms with Crippen LogP contribution >= 0.6 is 15.6 Å². The molecule has 0 bridgehead atoms. The van der Waals surface area contributed by atoms with Crippen LogP contribution < -0.4 is 0 Å². The summed E-state index contributed by atoms with van der Waals surface area (Å²) in [6.07, 6.45) is 69.0. The lowest BCUT2D eigenvalue weighted by Gasteiger charge is -2.21. The molecular formula is C77H138O17P2. The second-order valence-corrected chi connectivity index (χ2v) is 28.5. The number of carbonyl (C=O) groups excluding carboxylic acids is 4. The summed E-state index contributed by atoms with van der Waals surface area (Å²) in [5.74, 6) is -2.24. The van der Waals surface area contributed by atoms with Crippen molar-refractivity contribution in [3.63, 3.8) is 0 Å². The van der Waals surface area contributed by atoms with Crippen molar-refractivity contribution in [3.8, 4) is 0 Å². The van der Waals surface area contributed by atoms with Crippen LogP contribution in [0.15, 0.2) is 72.9 Å². The van der Waals surface area contributed by atoms with Crippen LogP contribution in [0.25, 0.3) is 0 Å². The monoisotopic (exact) mass is 1400 g/mol. The van der Waals surface area contributed by atoms with Gasteiger partial charge in [0.25, 0.3) is 0 Å². The molecule has 0 saturated heterocycles. The normalized spacial score (nSPS) is 14.4. The van der Waals surface area contributed by atoms with Gasteiger partial charge in [0, 0.05) is 25.7 Å². The zero-order valence-corrected chi connectivity index (χ0v) is 62.6. The molecule has 0 saturated carbocycles. The minimum atomic E-state index is -4.98. The highest BCUT2D eigenvalue weighted by atomic mass is 31.2. The highest BCUT2D eigenvalue weighted by Crippen LogP contribution is 2.45. The van der Waals surface area contributed by atoms with Gasteiger partial charge in [0.2, 0.25) is 0 Å². The van der Waals surface area contributed by atoms with Crippen LogP contribution in [0.3, 0.4) is 0 Å². The largest absolute Gasteiger partial charge is 0.472 e. The number of esters is 4. The predicted molar refractivity (Wildman–Crippen MR) is 390 cm³/mol. The molecule has 3 N–H and O–H groups in total. The summed E-state index contributed by atoms with van der Waals surface area (Å²) < 4.78 is 68.4. The molecule has 0 rings (SSSR count). The number of aliphatic hydroxyl groups excluding tert-OH is 1. The Morgan fingerprint density at radius 1 is 0.292 bits per heavy atom. The zero-order valence-electron chi connectivity index (χ0n) is 60.8. The summed E-state index contributed by atoms with van der Waals surface area (Å²) in [5.41, 5.74) is 0. The molecule has 0 aliphatic heterocycles. The molecule has 0 aliphatic rings. The van der Waals surface area contributed by atoms with Crippen LogP contribution in [-0.2, 0) is 65.4 Å². The van der Waals surface area contributed by atoms with Crippen molar-refractivity contribution in [1.29, 1.82) is 0 Å². The summed E-state index contributed by atoms with van der Waals surface area (Å²) in [6.45, 7) is 4.77. The van der Waals surface area contributed by atoms with Crippen molar-refractivity contribution in [2.24, 2.45) is 0 Å². The molecule has 558 valence electrons. The van der Waals surface area contributed by atoms with Crippen LogP contribution in [0.4, 0.5) is 0 Å². The number of unbranched alkanes of at least 4 members (excludes halogenated alkanes) is 34. The fraction of sp³-hybridized carbons (Fsp3) is 0.792. The number of aliphatic hydroxyl groups is 1. The van der Waals surface area contributed by atoms with Gasteiger partial charge in [0.05, 0.1) is 26.4 Å². The summed E-state index contributed by atoms with van der Waals surface area (Å²) in [6, 6.07) is 0. The second-order valence-electron chi connectivity index (χ2n) is 25.6. The smallest absolute Gasteiger partial charge is 0.462 e. The van der Waals surface area contributed by atoms with Crippen LogP contribution in [0, 0.1) is 0 Å². The average molecular weight is 1400 g/mol. The highest BCUT2D eigenvalue weighted by molar-refractivity contribution is 7.47. The predicted octanol–water partition coefficient (Wildman–Crippen LogP) is 21.7. The molecule has 17 nitrogen and oxygen atoms in total. The van der Waals surface area contributed by atoms with Crippen molar-refractivity contribution in [3.05, 3.63) is 72.9 Å². The van der Waals surface area contributed by atoms with Crippen LogP contribution in [0.1, 0.15) is 336 Å². The molecule has 0 heterocycles. The zero-order chi connectivity index (χ0) is 70.4. The van der Waals surface area contributed by atoms with Crippen molar-refractivity contribution in [2.45, 2.75) is 354 Å². The first-order valence-corrected chi connectivity index (χ1v) is 41.2. The van der Waals surface area contributed by atoms with E-state index >= 15 is 0 Å². The van der Waals surface area contributed by atoms with Gasteiger partial charge in [-0.2, -0.15) is 0 Å². The van der Waals surface area contributed by atoms with Gasteiger partial charge in [-0.05, 0) is 116 Å². The van der Waals surface area contributed by atoms with E-state index in [-0.39, 0.29) is 25.7 Å². The Morgan fingerprint density at radius 3 is 0.865 bits per heavy atom. The third-order valence-corrected chi connectivity index (χ3v) is 18.0. The number of rotatable bonds is 72. The van der Waals surface area contributed by atoms with Crippen molar-refractivity contribution in [1.82, 2.24) is 0 Å². The molecule has 0 aromatic heterocycles. The fourth-order valence-corrected chi connectivity index (χ4v) is 11.8. The Bertz CT molecular complexity index is 2110. The minimum Gasteiger partial charge on any atom is -0.462 e. The number of hydrogen-bond donors (Lipinski definition) is 3. The topological polar surface area (TPSA) is 237 Å². The Labute approximate surface area is 583 Å². The fourth-order valence-electron chi connectivity index (χ4n) is 10.3. The quantitative estimate of drug-likeness (QED) is 0.0169. The molecule has 0 fully saturated rings. The minimum absolute atomic E-state index is 0.0200. The molecule has 19 heteroatoms. The Balaban J connectivity index is 5.38. The van der Waals surface area contributed by atoms with Crippen molar-refractivity contribution >= 4 is 39.5 Å². The van der Waals surface area contributed by atoms with Gasteiger partial charge >= 0.3 is 39.5 Å². The van der Waals surface area contributed by atoms with Gasteiger partial charge in [-0.3, -0.25) is 37.3 Å². The standard InChI is InChI=1S/C77H138O17P2/c1-5-9-13-17-21-25-29-33-34-35-36-40-44-48-52-56-60-64-77(82)94-73(68-88-75(80)62-58-54-50-46-42-38-31-27-23-19-15-11-7-3)70-92-96(85,86)90-66-71(78)65-89-95(83,84)91-69-72(93-76(81)63-59-55-51-47-43-39-32-28-24-20-16-12-8-4)67-87-74(79)61-57-53-49-45-41-37-30-26-22-18-14-10-6-2/h21,25-27,30-31,33-34,36,40,48,52,71-73,78H,5-20,22-24,28-29,32,35,37-39,41-47,49-51,53-70H2,1-4H3,(H,83,84)(H,85,86)/b25-21-,30-26-,31-27-,34-33-,40-36-,52-48-/t71-,72-,73-/m1/s1. The maximum absolute atomic E-state index is 13.1. The molecule has 0 amide bonds. The SMILES string of the molecule is CCCCC/C=C\C/C=C\C/C=C\C/C=C\CCCC(=O)O[C@H](COC(=O)CCCCCCC/C=C\CCCCCC)COP(=O)(O)OC[C@H](O)COP(=O)(O)OC[C@@H](COC(=O)CCCCCCC/C=C\CCCCCC)OC(=O)CCCCCCCCCCCCCCC. The summed E-state index contributed by atoms with van der Waals surface area (Å²) in [7, 11) is -9.95. The van der Waals surface area contributed by atoms with Crippen LogP contribution in [0.5, 0.6) is 0 Å². The molecule has 5 atom stereocenters. The lowest BCUT2D eigenvalue weighted by Crippen LogP contribution is -2.30. The number of hydrogen-bond acceptors (Lipinski definition) is 15. The third-order valence-electron chi connectivity index (χ3n) is 16.1. The van der Waals surface area contributed by atoms with Gasteiger partial charge in [-0.15, -0.1) is 0 Å². The van der Waals surface area contributed by atoms with Gasteiger partial charge in [0.1, 0.15) is 19.3 Å². The lowest BCUT2D eigenvalue weighted by molar-refractivity contribution is -0.161. The van der Waals surface area contributed by atoms with Gasteiger partial charge in [-0.1, -0.05) is 268 Å². The van der Waals surface area contributed by atoms with E-state index in [2.05, 4.69) is 88.5 Å². The van der Waals surface area contributed by atoms with E-state index < -0.39 is 97.5 Å². The maximum Gasteiger partial charge on any atom is 0.472 e. The van der Waals surface area contributed by atoms with Crippen molar-refractivity contribution in [2.75, 3.05) is 39.6 Å². The first-order valence-electron chi connectivity index (χ1n) is 38.2.